The topological polar surface area (TPSA) is 53.8 Å². The molecule has 0 N–H and O–H groups in total. The summed E-state index contributed by atoms with van der Waals surface area (Å²) in [4.78, 5) is 30.9. The van der Waals surface area contributed by atoms with Crippen LogP contribution in [0.4, 0.5) is 0 Å². The first-order chi connectivity index (χ1) is 14.4. The first-order valence-corrected chi connectivity index (χ1v) is 10.8. The van der Waals surface area contributed by atoms with Gasteiger partial charge in [0.25, 0.3) is 0 Å². The van der Waals surface area contributed by atoms with E-state index in [1.54, 1.807) is 17.2 Å². The highest BCUT2D eigenvalue weighted by molar-refractivity contribution is 6.10. The van der Waals surface area contributed by atoms with E-state index in [0.717, 1.165) is 31.5 Å². The lowest BCUT2D eigenvalue weighted by Gasteiger charge is -2.42. The van der Waals surface area contributed by atoms with Crippen LogP contribution in [0, 0.1) is 18.8 Å². The first-order valence-electron chi connectivity index (χ1n) is 10.8. The molecule has 3 heterocycles. The zero-order valence-corrected chi connectivity index (χ0v) is 18.0. The van der Waals surface area contributed by atoms with Crippen LogP contribution in [0.2, 0.25) is 0 Å². The molecule has 5 heteroatoms. The average Bonchev–Trinajstić information content (AvgIpc) is 3.23. The fraction of sp³-hybridized carbons (Fsp3) is 0.440. The molecule has 1 amide bonds. The van der Waals surface area contributed by atoms with Crippen molar-refractivity contribution >= 4 is 11.7 Å². The number of allylic oxidation sites excluding steroid dienone is 2. The lowest BCUT2D eigenvalue weighted by Crippen LogP contribution is -2.50. The van der Waals surface area contributed by atoms with Crippen LogP contribution in [0.1, 0.15) is 49.6 Å². The second-order valence-electron chi connectivity index (χ2n) is 8.74. The second kappa shape index (κ2) is 8.60. The van der Waals surface area contributed by atoms with Crippen molar-refractivity contribution in [3.05, 3.63) is 71.3 Å². The number of ketones is 1. The van der Waals surface area contributed by atoms with Gasteiger partial charge in [0.15, 0.2) is 5.78 Å². The predicted molar refractivity (Wildman–Crippen MR) is 115 cm³/mol. The maximum Gasteiger partial charge on any atom is 0.240 e. The minimum absolute atomic E-state index is 0.0996. The average molecular weight is 407 g/mol. The summed E-state index contributed by atoms with van der Waals surface area (Å²) in [5.41, 5.74) is 2.88. The van der Waals surface area contributed by atoms with Crippen molar-refractivity contribution in [3.8, 4) is 0 Å². The molecule has 158 valence electrons. The van der Waals surface area contributed by atoms with Crippen LogP contribution < -0.4 is 0 Å². The van der Waals surface area contributed by atoms with Gasteiger partial charge in [0, 0.05) is 11.8 Å². The maximum absolute atomic E-state index is 13.7. The van der Waals surface area contributed by atoms with Crippen LogP contribution >= 0.6 is 0 Å². The van der Waals surface area contributed by atoms with Gasteiger partial charge < -0.3 is 9.32 Å². The van der Waals surface area contributed by atoms with E-state index in [1.807, 2.05) is 19.1 Å². The Morgan fingerprint density at radius 2 is 1.77 bits per heavy atom. The van der Waals surface area contributed by atoms with Gasteiger partial charge in [0.05, 0.1) is 18.8 Å². The van der Waals surface area contributed by atoms with E-state index in [-0.39, 0.29) is 17.7 Å². The zero-order valence-electron chi connectivity index (χ0n) is 18.0. The van der Waals surface area contributed by atoms with Crippen molar-refractivity contribution in [2.24, 2.45) is 11.8 Å². The predicted octanol–water partition coefficient (Wildman–Crippen LogP) is 4.49. The normalized spacial score (nSPS) is 22.3. The summed E-state index contributed by atoms with van der Waals surface area (Å²) in [5.74, 6) is 0.413. The number of hydrogen-bond donors (Lipinski definition) is 0. The minimum Gasteiger partial charge on any atom is -0.467 e. The number of benzene rings is 1. The molecule has 30 heavy (non-hydrogen) atoms. The summed E-state index contributed by atoms with van der Waals surface area (Å²) in [6.07, 6.45) is 5.41. The number of furan rings is 1. The van der Waals surface area contributed by atoms with Crippen LogP contribution in [-0.2, 0) is 16.1 Å². The Kier molecular flexibility index (Phi) is 5.91. The molecule has 2 aliphatic rings. The highest BCUT2D eigenvalue weighted by Crippen LogP contribution is 2.37. The lowest BCUT2D eigenvalue weighted by atomic mass is 9.83. The summed E-state index contributed by atoms with van der Waals surface area (Å²) < 4.78 is 5.46. The Morgan fingerprint density at radius 3 is 2.40 bits per heavy atom. The Balaban J connectivity index is 1.70. The number of amides is 1. The number of piperidine rings is 1. The summed E-state index contributed by atoms with van der Waals surface area (Å²) in [5, 5.41) is 0. The van der Waals surface area contributed by atoms with Crippen molar-refractivity contribution in [2.45, 2.75) is 46.2 Å². The molecule has 0 radical (unpaired) electrons. The SMILES string of the molecule is CC1=CC(=O)C(C(c2ccc(C)cc2)N2CCC(C)CC2)C(=O)N1Cc1ccco1. The van der Waals surface area contributed by atoms with Gasteiger partial charge in [-0.15, -0.1) is 0 Å². The van der Waals surface area contributed by atoms with Gasteiger partial charge in [-0.2, -0.15) is 0 Å². The second-order valence-corrected chi connectivity index (χ2v) is 8.74. The van der Waals surface area contributed by atoms with E-state index >= 15 is 0 Å². The lowest BCUT2D eigenvalue weighted by molar-refractivity contribution is -0.144. The molecular formula is C25H30N2O3. The minimum atomic E-state index is -0.736. The van der Waals surface area contributed by atoms with E-state index in [0.29, 0.717) is 23.9 Å². The van der Waals surface area contributed by atoms with E-state index in [4.69, 9.17) is 4.42 Å². The summed E-state index contributed by atoms with van der Waals surface area (Å²) in [6.45, 7) is 8.28. The highest BCUT2D eigenvalue weighted by Gasteiger charge is 2.44. The third-order valence-electron chi connectivity index (χ3n) is 6.46. The molecular weight excluding hydrogens is 376 g/mol. The molecule has 0 spiro atoms. The van der Waals surface area contributed by atoms with Gasteiger partial charge in [0.2, 0.25) is 5.91 Å². The molecule has 1 aromatic carbocycles. The Bertz CT molecular complexity index is 922. The fourth-order valence-electron chi connectivity index (χ4n) is 4.57. The quantitative estimate of drug-likeness (QED) is 0.687. The zero-order chi connectivity index (χ0) is 21.3. The monoisotopic (exact) mass is 406 g/mol. The first kappa shape index (κ1) is 20.6. The van der Waals surface area contributed by atoms with Crippen LogP contribution in [-0.4, -0.2) is 34.6 Å². The van der Waals surface area contributed by atoms with Crippen LogP contribution in [0.15, 0.2) is 58.9 Å². The van der Waals surface area contributed by atoms with Crippen LogP contribution in [0.3, 0.4) is 0 Å². The van der Waals surface area contributed by atoms with Gasteiger partial charge in [-0.3, -0.25) is 14.5 Å². The largest absolute Gasteiger partial charge is 0.467 e. The molecule has 0 aliphatic carbocycles. The van der Waals surface area contributed by atoms with Crippen molar-refractivity contribution in [2.75, 3.05) is 13.1 Å². The standard InChI is InChI=1S/C25H30N2O3/c1-17-6-8-20(9-7-17)24(26-12-10-18(2)11-13-26)23-22(28)15-19(3)27(25(23)29)16-21-5-4-14-30-21/h4-9,14-15,18,23-24H,10-13,16H2,1-3H3. The van der Waals surface area contributed by atoms with E-state index in [1.165, 1.54) is 5.56 Å². The van der Waals surface area contributed by atoms with E-state index in [9.17, 15) is 9.59 Å². The molecule has 1 saturated heterocycles. The third-order valence-corrected chi connectivity index (χ3v) is 6.46. The molecule has 5 nitrogen and oxygen atoms in total. The highest BCUT2D eigenvalue weighted by atomic mass is 16.3. The number of nitrogens with zero attached hydrogens (tertiary/aromatic N) is 2. The molecule has 4 rings (SSSR count). The Morgan fingerprint density at radius 1 is 1.07 bits per heavy atom. The Labute approximate surface area is 178 Å². The number of carbonyl (C=O) groups excluding carboxylic acids is 2. The summed E-state index contributed by atoms with van der Waals surface area (Å²) in [6, 6.07) is 11.7. The van der Waals surface area contributed by atoms with Gasteiger partial charge in [-0.25, -0.2) is 0 Å². The van der Waals surface area contributed by atoms with Gasteiger partial charge in [-0.1, -0.05) is 36.8 Å². The number of hydrogen-bond acceptors (Lipinski definition) is 4. The molecule has 1 fully saturated rings. The van der Waals surface area contributed by atoms with Crippen molar-refractivity contribution in [1.82, 2.24) is 9.80 Å². The number of rotatable bonds is 5. The number of likely N-dealkylation sites (tertiary alicyclic amines) is 1. The van der Waals surface area contributed by atoms with Gasteiger partial charge in [0.1, 0.15) is 11.7 Å². The van der Waals surface area contributed by atoms with Gasteiger partial charge >= 0.3 is 0 Å². The molecule has 2 aromatic rings. The van der Waals surface area contributed by atoms with E-state index in [2.05, 4.69) is 43.0 Å². The number of carbonyl (C=O) groups is 2. The molecule has 2 unspecified atom stereocenters. The molecule has 2 aliphatic heterocycles. The molecule has 0 saturated carbocycles. The number of aryl methyl sites for hydroxylation is 1. The van der Waals surface area contributed by atoms with Gasteiger partial charge in [-0.05, 0) is 63.4 Å². The van der Waals surface area contributed by atoms with Crippen molar-refractivity contribution in [1.29, 1.82) is 0 Å². The Hall–Kier alpha value is -2.66. The fourth-order valence-corrected chi connectivity index (χ4v) is 4.57. The molecule has 0 bridgehead atoms. The molecule has 2 atom stereocenters. The summed E-state index contributed by atoms with van der Waals surface area (Å²) in [7, 11) is 0. The smallest absolute Gasteiger partial charge is 0.240 e. The summed E-state index contributed by atoms with van der Waals surface area (Å²) >= 11 is 0. The van der Waals surface area contributed by atoms with E-state index < -0.39 is 5.92 Å². The maximum atomic E-state index is 13.7. The third kappa shape index (κ3) is 4.12. The molecule has 1 aromatic heterocycles. The van der Waals surface area contributed by atoms with Crippen molar-refractivity contribution < 1.29 is 14.0 Å². The van der Waals surface area contributed by atoms with Crippen molar-refractivity contribution in [3.63, 3.8) is 0 Å². The van der Waals surface area contributed by atoms with Crippen LogP contribution in [0.25, 0.3) is 0 Å². The van der Waals surface area contributed by atoms with Crippen LogP contribution in [0.5, 0.6) is 0 Å².